The predicted molar refractivity (Wildman–Crippen MR) is 120 cm³/mol. The van der Waals surface area contributed by atoms with Crippen LogP contribution in [-0.4, -0.2) is 53.8 Å². The molecule has 1 rings (SSSR count). The summed E-state index contributed by atoms with van der Waals surface area (Å²) >= 11 is 0. The van der Waals surface area contributed by atoms with Gasteiger partial charge in [0.1, 0.15) is 11.6 Å². The van der Waals surface area contributed by atoms with Crippen LogP contribution in [0.3, 0.4) is 0 Å². The molecule has 1 aliphatic heterocycles. The van der Waals surface area contributed by atoms with Gasteiger partial charge in [-0.15, -0.1) is 26.0 Å². The standard InChI is InChI=1S/C19H36N2O4.C2H4.C2H2/c1-13(2)12-16(20-18(23)25-19(5,6)7)17(22)21-10-8-15(4)24-11-9-14(21)3;2*1-2/h13-16H,8-12H2,1-7H3,(H,20,23);1-2H2;1-2H/t14?,15-,16-;;/m0../s1. The van der Waals surface area contributed by atoms with Crippen molar-refractivity contribution in [2.24, 2.45) is 5.92 Å². The molecule has 6 nitrogen and oxygen atoms in total. The van der Waals surface area contributed by atoms with Crippen molar-refractivity contribution in [1.82, 2.24) is 10.2 Å². The van der Waals surface area contributed by atoms with E-state index in [1.807, 2.05) is 53.4 Å². The first-order valence-corrected chi connectivity index (χ1v) is 10.2. The molecule has 1 fully saturated rings. The Morgan fingerprint density at radius 2 is 1.76 bits per heavy atom. The second-order valence-corrected chi connectivity index (χ2v) is 8.47. The minimum atomic E-state index is -0.587. The molecule has 1 saturated heterocycles. The molecule has 0 spiro atoms. The van der Waals surface area contributed by atoms with E-state index in [1.165, 1.54) is 0 Å². The van der Waals surface area contributed by atoms with Gasteiger partial charge in [0.25, 0.3) is 0 Å². The topological polar surface area (TPSA) is 67.9 Å². The molecule has 1 heterocycles. The Bertz CT molecular complexity index is 497. The Kier molecular flexibility index (Phi) is 15.0. The normalized spacial score (nSPS) is 20.6. The third-order valence-electron chi connectivity index (χ3n) is 4.23. The first-order valence-electron chi connectivity index (χ1n) is 10.2. The number of ether oxygens (including phenoxy) is 2. The highest BCUT2D eigenvalue weighted by Gasteiger charge is 2.31. The molecule has 29 heavy (non-hydrogen) atoms. The summed E-state index contributed by atoms with van der Waals surface area (Å²) in [5, 5.41) is 2.79. The molecular formula is C23H42N2O4. The summed E-state index contributed by atoms with van der Waals surface area (Å²) in [5.41, 5.74) is -0.587. The van der Waals surface area contributed by atoms with Crippen LogP contribution in [0.4, 0.5) is 4.79 Å². The van der Waals surface area contributed by atoms with Crippen molar-refractivity contribution in [2.45, 2.75) is 91.5 Å². The van der Waals surface area contributed by atoms with Gasteiger partial charge in [0, 0.05) is 19.2 Å². The third kappa shape index (κ3) is 13.0. The Balaban J connectivity index is 0. The highest BCUT2D eigenvalue weighted by Crippen LogP contribution is 2.17. The zero-order chi connectivity index (χ0) is 23.2. The lowest BCUT2D eigenvalue weighted by molar-refractivity contribution is -0.138. The van der Waals surface area contributed by atoms with Crippen LogP contribution in [-0.2, 0) is 14.3 Å². The van der Waals surface area contributed by atoms with Gasteiger partial charge >= 0.3 is 6.09 Å². The number of amides is 2. The third-order valence-corrected chi connectivity index (χ3v) is 4.23. The summed E-state index contributed by atoms with van der Waals surface area (Å²) in [4.78, 5) is 27.2. The first-order chi connectivity index (χ1) is 13.5. The second kappa shape index (κ2) is 14.9. The summed E-state index contributed by atoms with van der Waals surface area (Å²) in [6.07, 6.45) is 9.80. The fraction of sp³-hybridized carbons (Fsp3) is 0.739. The molecule has 0 saturated carbocycles. The quantitative estimate of drug-likeness (QED) is 0.551. The van der Waals surface area contributed by atoms with Gasteiger partial charge in [0.05, 0.1) is 6.10 Å². The van der Waals surface area contributed by atoms with Gasteiger partial charge in [-0.3, -0.25) is 4.79 Å². The maximum Gasteiger partial charge on any atom is 0.408 e. The minimum Gasteiger partial charge on any atom is -0.444 e. The highest BCUT2D eigenvalue weighted by atomic mass is 16.6. The van der Waals surface area contributed by atoms with Crippen LogP contribution >= 0.6 is 0 Å². The number of alkyl carbamates (subject to hydrolysis) is 1. The molecular weight excluding hydrogens is 368 g/mol. The average Bonchev–Trinajstić information content (AvgIpc) is 2.61. The van der Waals surface area contributed by atoms with E-state index in [1.54, 1.807) is 0 Å². The lowest BCUT2D eigenvalue weighted by atomic mass is 10.0. The van der Waals surface area contributed by atoms with E-state index in [0.29, 0.717) is 19.6 Å². The Morgan fingerprint density at radius 3 is 2.24 bits per heavy atom. The van der Waals surface area contributed by atoms with Crippen LogP contribution in [0.2, 0.25) is 0 Å². The van der Waals surface area contributed by atoms with E-state index in [4.69, 9.17) is 9.47 Å². The molecule has 1 N–H and O–H groups in total. The lowest BCUT2D eigenvalue weighted by Crippen LogP contribution is -2.53. The number of carbonyl (C=O) groups is 2. The minimum absolute atomic E-state index is 0.0267. The Hall–Kier alpha value is -2.00. The maximum absolute atomic E-state index is 13.1. The number of hydrogen-bond acceptors (Lipinski definition) is 4. The zero-order valence-electron chi connectivity index (χ0n) is 19.5. The second-order valence-electron chi connectivity index (χ2n) is 8.47. The maximum atomic E-state index is 13.1. The molecule has 6 heteroatoms. The number of terminal acetylenes is 1. The molecule has 0 aromatic rings. The van der Waals surface area contributed by atoms with Gasteiger partial charge in [-0.2, -0.15) is 0 Å². The molecule has 2 amide bonds. The Morgan fingerprint density at radius 1 is 1.21 bits per heavy atom. The number of rotatable bonds is 4. The van der Waals surface area contributed by atoms with E-state index in [-0.39, 0.29) is 24.0 Å². The van der Waals surface area contributed by atoms with Crippen LogP contribution in [0, 0.1) is 18.8 Å². The van der Waals surface area contributed by atoms with E-state index < -0.39 is 17.7 Å². The van der Waals surface area contributed by atoms with Crippen LogP contribution in [0.15, 0.2) is 13.2 Å². The highest BCUT2D eigenvalue weighted by molar-refractivity contribution is 5.86. The molecule has 1 aliphatic rings. The van der Waals surface area contributed by atoms with Gasteiger partial charge < -0.3 is 19.7 Å². The van der Waals surface area contributed by atoms with Gasteiger partial charge in [-0.05, 0) is 59.8 Å². The number of hydrogen-bond donors (Lipinski definition) is 1. The van der Waals surface area contributed by atoms with E-state index in [9.17, 15) is 9.59 Å². The SMILES string of the molecule is C#C.C=C.CC(C)C[C@H](NC(=O)OC(C)(C)C)C(=O)N1CC[C@H](C)OCCC1C. The van der Waals surface area contributed by atoms with E-state index in [0.717, 1.165) is 12.8 Å². The zero-order valence-corrected chi connectivity index (χ0v) is 19.5. The largest absolute Gasteiger partial charge is 0.444 e. The van der Waals surface area contributed by atoms with Crippen LogP contribution in [0.5, 0.6) is 0 Å². The van der Waals surface area contributed by atoms with Crippen molar-refractivity contribution in [1.29, 1.82) is 0 Å². The van der Waals surface area contributed by atoms with Crippen molar-refractivity contribution >= 4 is 12.0 Å². The van der Waals surface area contributed by atoms with Crippen molar-refractivity contribution in [3.8, 4) is 12.8 Å². The number of nitrogens with one attached hydrogen (secondary N) is 1. The molecule has 0 radical (unpaired) electrons. The molecule has 0 aromatic heterocycles. The smallest absolute Gasteiger partial charge is 0.408 e. The van der Waals surface area contributed by atoms with E-state index >= 15 is 0 Å². The summed E-state index contributed by atoms with van der Waals surface area (Å²) in [6.45, 7) is 20.9. The van der Waals surface area contributed by atoms with Gasteiger partial charge in [0.15, 0.2) is 0 Å². The lowest BCUT2D eigenvalue weighted by Gasteiger charge is -2.36. The van der Waals surface area contributed by atoms with Crippen molar-refractivity contribution in [3.63, 3.8) is 0 Å². The van der Waals surface area contributed by atoms with Crippen LogP contribution < -0.4 is 5.32 Å². The number of carbonyl (C=O) groups excluding carboxylic acids is 2. The molecule has 3 atom stereocenters. The predicted octanol–water partition coefficient (Wildman–Crippen LogP) is 4.39. The first kappa shape index (κ1) is 29.2. The average molecular weight is 411 g/mol. The van der Waals surface area contributed by atoms with Crippen molar-refractivity contribution < 1.29 is 19.1 Å². The summed E-state index contributed by atoms with van der Waals surface area (Å²) in [7, 11) is 0. The van der Waals surface area contributed by atoms with Gasteiger partial charge in [0.2, 0.25) is 5.91 Å². The molecule has 0 aliphatic carbocycles. The molecule has 0 bridgehead atoms. The summed E-state index contributed by atoms with van der Waals surface area (Å²) in [6, 6.07) is -0.469. The fourth-order valence-corrected chi connectivity index (χ4v) is 2.89. The van der Waals surface area contributed by atoms with Crippen LogP contribution in [0.1, 0.15) is 67.7 Å². The van der Waals surface area contributed by atoms with Crippen molar-refractivity contribution in [2.75, 3.05) is 13.2 Å². The van der Waals surface area contributed by atoms with E-state index in [2.05, 4.69) is 31.3 Å². The Labute approximate surface area is 178 Å². The molecule has 1 unspecified atom stereocenters. The summed E-state index contributed by atoms with van der Waals surface area (Å²) in [5.74, 6) is 0.261. The molecule has 168 valence electrons. The fourth-order valence-electron chi connectivity index (χ4n) is 2.89. The monoisotopic (exact) mass is 410 g/mol. The number of nitrogens with zero attached hydrogens (tertiary/aromatic N) is 1. The van der Waals surface area contributed by atoms with Gasteiger partial charge in [-0.25, -0.2) is 4.79 Å². The van der Waals surface area contributed by atoms with Gasteiger partial charge in [-0.1, -0.05) is 13.8 Å². The summed E-state index contributed by atoms with van der Waals surface area (Å²) < 4.78 is 11.0. The molecule has 0 aromatic carbocycles. The van der Waals surface area contributed by atoms with Crippen LogP contribution in [0.25, 0.3) is 0 Å². The van der Waals surface area contributed by atoms with Crippen molar-refractivity contribution in [3.05, 3.63) is 13.2 Å².